The lowest BCUT2D eigenvalue weighted by atomic mass is 9.90. The highest BCUT2D eigenvalue weighted by Crippen LogP contribution is 2.31. The highest BCUT2D eigenvalue weighted by Gasteiger charge is 2.17. The molecule has 2 aromatic rings. The normalized spacial score (nSPS) is 14.3. The molecule has 1 aliphatic heterocycles. The van der Waals surface area contributed by atoms with E-state index in [1.807, 2.05) is 24.3 Å². The largest absolute Gasteiger partial charge is 0.400 e. The van der Waals surface area contributed by atoms with Gasteiger partial charge in [0.05, 0.1) is 0 Å². The standard InChI is InChI=1S/C19H19FN2O2.CH4O/c20-17-10-18(21)16(19(22)11-23)9-15(17)14-3-1-12(2-4-14)13-5-7-24-8-6-13;1-2/h1-4,9-11,13,22H,5-8,21H2;2H,1H3. The molecule has 0 atom stereocenters. The van der Waals surface area contributed by atoms with E-state index < -0.39 is 5.82 Å². The quantitative estimate of drug-likeness (QED) is 0.444. The molecule has 0 radical (unpaired) electrons. The fourth-order valence-corrected chi connectivity index (χ4v) is 3.07. The Morgan fingerprint density at radius 2 is 1.85 bits per heavy atom. The van der Waals surface area contributed by atoms with Crippen molar-refractivity contribution in [3.05, 3.63) is 53.3 Å². The van der Waals surface area contributed by atoms with Crippen LogP contribution in [0.3, 0.4) is 0 Å². The summed E-state index contributed by atoms with van der Waals surface area (Å²) in [4.78, 5) is 10.8. The number of nitrogens with two attached hydrogens (primary N) is 1. The SMILES string of the molecule is CO.N=C(C=O)c1cc(-c2ccc(C3CCOCC3)cc2)c(F)cc1N. The monoisotopic (exact) mass is 358 g/mol. The second kappa shape index (κ2) is 9.22. The summed E-state index contributed by atoms with van der Waals surface area (Å²) in [5.41, 5.74) is 8.05. The molecule has 1 aliphatic rings. The molecule has 26 heavy (non-hydrogen) atoms. The maximum Gasteiger partial charge on any atom is 0.168 e. The molecule has 1 heterocycles. The van der Waals surface area contributed by atoms with E-state index in [-0.39, 0.29) is 17.0 Å². The Kier molecular flexibility index (Phi) is 7.00. The van der Waals surface area contributed by atoms with E-state index in [1.54, 1.807) is 0 Å². The van der Waals surface area contributed by atoms with E-state index in [9.17, 15) is 9.18 Å². The van der Waals surface area contributed by atoms with Crippen LogP contribution in [-0.2, 0) is 9.53 Å². The van der Waals surface area contributed by atoms with Gasteiger partial charge in [0.25, 0.3) is 0 Å². The van der Waals surface area contributed by atoms with Crippen LogP contribution in [0.25, 0.3) is 11.1 Å². The number of anilines is 1. The molecule has 5 nitrogen and oxygen atoms in total. The summed E-state index contributed by atoms with van der Waals surface area (Å²) in [6, 6.07) is 10.4. The van der Waals surface area contributed by atoms with Crippen molar-refractivity contribution in [2.24, 2.45) is 0 Å². The smallest absolute Gasteiger partial charge is 0.168 e. The Balaban J connectivity index is 0.00000117. The topological polar surface area (TPSA) is 96.4 Å². The number of hydrogen-bond donors (Lipinski definition) is 3. The van der Waals surface area contributed by atoms with Gasteiger partial charge in [-0.3, -0.25) is 10.2 Å². The molecule has 0 bridgehead atoms. The molecule has 0 saturated carbocycles. The fraction of sp³-hybridized carbons (Fsp3) is 0.300. The third kappa shape index (κ3) is 4.33. The Labute approximate surface area is 152 Å². The van der Waals surface area contributed by atoms with Gasteiger partial charge < -0.3 is 15.6 Å². The minimum absolute atomic E-state index is 0.0900. The first-order valence-electron chi connectivity index (χ1n) is 8.36. The lowest BCUT2D eigenvalue weighted by molar-refractivity contribution is -0.102. The van der Waals surface area contributed by atoms with Crippen LogP contribution in [0.4, 0.5) is 10.1 Å². The third-order valence-electron chi connectivity index (χ3n) is 4.46. The molecule has 1 fully saturated rings. The summed E-state index contributed by atoms with van der Waals surface area (Å²) in [6.07, 6.45) is 2.40. The maximum absolute atomic E-state index is 14.3. The zero-order valence-electron chi connectivity index (χ0n) is 14.7. The van der Waals surface area contributed by atoms with Gasteiger partial charge in [-0.1, -0.05) is 24.3 Å². The van der Waals surface area contributed by atoms with Crippen molar-refractivity contribution in [1.82, 2.24) is 0 Å². The van der Waals surface area contributed by atoms with Crippen molar-refractivity contribution in [2.45, 2.75) is 18.8 Å². The Hall–Kier alpha value is -2.57. The number of aldehydes is 1. The average molecular weight is 358 g/mol. The van der Waals surface area contributed by atoms with Crippen LogP contribution in [0.15, 0.2) is 36.4 Å². The van der Waals surface area contributed by atoms with Crippen molar-refractivity contribution in [2.75, 3.05) is 26.1 Å². The lowest BCUT2D eigenvalue weighted by Gasteiger charge is -2.22. The summed E-state index contributed by atoms with van der Waals surface area (Å²) in [7, 11) is 1.00. The number of nitrogen functional groups attached to an aromatic ring is 1. The zero-order chi connectivity index (χ0) is 19.1. The number of benzene rings is 2. The number of carbonyl (C=O) groups is 1. The molecule has 4 N–H and O–H groups in total. The summed E-state index contributed by atoms with van der Waals surface area (Å²) in [5, 5.41) is 14.6. The molecule has 6 heteroatoms. The maximum atomic E-state index is 14.3. The van der Waals surface area contributed by atoms with Crippen molar-refractivity contribution >= 4 is 17.7 Å². The first-order chi connectivity index (χ1) is 12.6. The number of halogens is 1. The van der Waals surface area contributed by atoms with Crippen molar-refractivity contribution in [1.29, 1.82) is 5.41 Å². The van der Waals surface area contributed by atoms with Gasteiger partial charge in [0.1, 0.15) is 11.5 Å². The third-order valence-corrected chi connectivity index (χ3v) is 4.46. The highest BCUT2D eigenvalue weighted by molar-refractivity contribution is 6.36. The molecule has 0 aromatic heterocycles. The summed E-state index contributed by atoms with van der Waals surface area (Å²) < 4.78 is 19.7. The summed E-state index contributed by atoms with van der Waals surface area (Å²) in [5.74, 6) is 0.0108. The Morgan fingerprint density at radius 3 is 2.42 bits per heavy atom. The van der Waals surface area contributed by atoms with E-state index >= 15 is 0 Å². The van der Waals surface area contributed by atoms with Gasteiger partial charge in [0, 0.05) is 37.1 Å². The number of aliphatic hydroxyl groups excluding tert-OH is 1. The molecular weight excluding hydrogens is 335 g/mol. The van der Waals surface area contributed by atoms with E-state index in [4.69, 9.17) is 21.0 Å². The van der Waals surface area contributed by atoms with Gasteiger partial charge in [-0.15, -0.1) is 0 Å². The van der Waals surface area contributed by atoms with Crippen LogP contribution in [0.2, 0.25) is 0 Å². The first-order valence-corrected chi connectivity index (χ1v) is 8.36. The van der Waals surface area contributed by atoms with Gasteiger partial charge in [0.15, 0.2) is 6.29 Å². The lowest BCUT2D eigenvalue weighted by Crippen LogP contribution is -2.13. The van der Waals surface area contributed by atoms with E-state index in [0.29, 0.717) is 23.3 Å². The van der Waals surface area contributed by atoms with Crippen LogP contribution in [-0.4, -0.2) is 37.4 Å². The van der Waals surface area contributed by atoms with Crippen LogP contribution < -0.4 is 5.73 Å². The molecule has 1 saturated heterocycles. The van der Waals surface area contributed by atoms with Crippen LogP contribution >= 0.6 is 0 Å². The van der Waals surface area contributed by atoms with Crippen LogP contribution in [0.1, 0.15) is 29.9 Å². The Bertz CT molecular complexity index is 769. The number of rotatable bonds is 4. The molecule has 3 rings (SSSR count). The van der Waals surface area contributed by atoms with Crippen LogP contribution in [0, 0.1) is 11.2 Å². The minimum atomic E-state index is -0.464. The number of ether oxygens (including phenoxy) is 1. The molecule has 138 valence electrons. The molecule has 0 unspecified atom stereocenters. The number of carbonyl (C=O) groups excluding carboxylic acids is 1. The number of hydrogen-bond acceptors (Lipinski definition) is 5. The van der Waals surface area contributed by atoms with E-state index in [2.05, 4.69) is 0 Å². The van der Waals surface area contributed by atoms with Gasteiger partial charge in [-0.2, -0.15) is 0 Å². The molecule has 0 amide bonds. The second-order valence-corrected chi connectivity index (χ2v) is 5.96. The van der Waals surface area contributed by atoms with E-state index in [1.165, 1.54) is 11.6 Å². The van der Waals surface area contributed by atoms with Gasteiger partial charge in [-0.05, 0) is 42.0 Å². The molecule has 0 spiro atoms. The van der Waals surface area contributed by atoms with Gasteiger partial charge >= 0.3 is 0 Å². The van der Waals surface area contributed by atoms with Crippen molar-refractivity contribution in [3.8, 4) is 11.1 Å². The first kappa shape index (κ1) is 19.8. The predicted octanol–water partition coefficient (Wildman–Crippen LogP) is 3.14. The van der Waals surface area contributed by atoms with Crippen LogP contribution in [0.5, 0.6) is 0 Å². The minimum Gasteiger partial charge on any atom is -0.400 e. The van der Waals surface area contributed by atoms with Gasteiger partial charge in [-0.25, -0.2) is 4.39 Å². The van der Waals surface area contributed by atoms with E-state index in [0.717, 1.165) is 39.2 Å². The van der Waals surface area contributed by atoms with Gasteiger partial charge in [0.2, 0.25) is 0 Å². The predicted molar refractivity (Wildman–Crippen MR) is 100 cm³/mol. The second-order valence-electron chi connectivity index (χ2n) is 5.96. The van der Waals surface area contributed by atoms with Crippen molar-refractivity contribution in [3.63, 3.8) is 0 Å². The Morgan fingerprint density at radius 1 is 1.23 bits per heavy atom. The molecular formula is C20H23FN2O3. The summed E-state index contributed by atoms with van der Waals surface area (Å²) in [6.45, 7) is 1.55. The molecule has 0 aliphatic carbocycles. The number of nitrogens with one attached hydrogen (secondary N) is 1. The molecule has 2 aromatic carbocycles. The fourth-order valence-electron chi connectivity index (χ4n) is 3.07. The zero-order valence-corrected chi connectivity index (χ0v) is 14.7. The van der Waals surface area contributed by atoms with Crippen molar-refractivity contribution < 1.29 is 19.0 Å². The number of aliphatic hydroxyl groups is 1. The average Bonchev–Trinajstić information content (AvgIpc) is 2.70. The summed E-state index contributed by atoms with van der Waals surface area (Å²) >= 11 is 0. The highest BCUT2D eigenvalue weighted by atomic mass is 19.1.